The Morgan fingerprint density at radius 2 is 0.584 bits per heavy atom. The Labute approximate surface area is 529 Å². The highest BCUT2D eigenvalue weighted by Crippen LogP contribution is 2.65. The van der Waals surface area contributed by atoms with E-state index in [-0.39, 0.29) is 32.2 Å². The maximum absolute atomic E-state index is 2.71. The topological polar surface area (TPSA) is 0 Å². The van der Waals surface area contributed by atoms with Gasteiger partial charge in [0.15, 0.2) is 0 Å². The second kappa shape index (κ2) is 19.3. The van der Waals surface area contributed by atoms with E-state index in [1.807, 2.05) is 0 Å². The highest BCUT2D eigenvalue weighted by Gasteiger charge is 2.63. The van der Waals surface area contributed by atoms with Crippen LogP contribution in [0.25, 0.3) is 87.6 Å². The van der Waals surface area contributed by atoms with E-state index in [0.29, 0.717) is 20.1 Å². The van der Waals surface area contributed by atoms with E-state index in [2.05, 4.69) is 266 Å². The molecular weight excluding hydrogens is 1070 g/mol. The fourth-order valence-corrected chi connectivity index (χ4v) is 21.7. The Bertz CT molecular complexity index is 4720. The Balaban J connectivity index is 0.931. The smallest absolute Gasteiger partial charge is 0.0735 e. The van der Waals surface area contributed by atoms with Gasteiger partial charge in [-0.05, 0) is 168 Å². The van der Waals surface area contributed by atoms with Crippen LogP contribution in [0.4, 0.5) is 0 Å². The SMILES string of the molecule is CC12CCCCC1(C)c1cc(-c3cc(-c4ccc5c(c4)C4(C)CCCCC4(C)B5c4ccccc4)c4ccc5c(-c6cccc7ccccc67)cc(-c6ccc7c(c6)C6(C)CCCCC6(C)B7c6ccccc6)c6ccc3c4c65)ccc1B2c1ccccc1. The molecule has 0 nitrogen and oxygen atoms in total. The van der Waals surface area contributed by atoms with Crippen LogP contribution in [-0.2, 0) is 16.2 Å². The van der Waals surface area contributed by atoms with Gasteiger partial charge in [-0.2, -0.15) is 0 Å². The number of hydrogen-bond acceptors (Lipinski definition) is 0. The van der Waals surface area contributed by atoms with Gasteiger partial charge in [-0.3, -0.25) is 0 Å². The van der Waals surface area contributed by atoms with E-state index in [1.165, 1.54) is 197 Å². The standard InChI is InChI=1S/C86H79B3/c1-81-45-18-21-48-84(81,4)87(60-27-10-7-11-28-60)76-42-35-57(51-73(76)81)69-54-70(58-36-43-77-74(52-58)82(2)46-19-22-49-85(82,5)88(77)61-29-12-8-13-30-61)66-40-41-68-72(64-34-24-26-56-25-16-17-33-63(56)64)55-71(67-39-38-65(69)79(66)80(67)68)59-37-44-78-75(53-59)83(3)47-20-23-50-86(83,6)89(78)62-31-14-9-15-32-62/h7-17,24-44,51-55H,18-23,45-50H2,1-6H3. The predicted octanol–water partition coefficient (Wildman–Crippen LogP) is 19.0. The van der Waals surface area contributed by atoms with Gasteiger partial charge in [-0.25, -0.2) is 0 Å². The van der Waals surface area contributed by atoms with Crippen molar-refractivity contribution in [1.29, 1.82) is 0 Å². The van der Waals surface area contributed by atoms with E-state index in [0.717, 1.165) is 0 Å². The predicted molar refractivity (Wildman–Crippen MR) is 386 cm³/mol. The van der Waals surface area contributed by atoms with Gasteiger partial charge in [0.05, 0.1) is 0 Å². The Morgan fingerprint density at radius 1 is 0.258 bits per heavy atom. The van der Waals surface area contributed by atoms with Crippen molar-refractivity contribution in [3.63, 3.8) is 0 Å². The minimum atomic E-state index is 0.0481. The minimum Gasteiger partial charge on any atom is -0.0735 e. The van der Waals surface area contributed by atoms with Gasteiger partial charge in [0.1, 0.15) is 0 Å². The van der Waals surface area contributed by atoms with Crippen molar-refractivity contribution in [3.05, 3.63) is 241 Å². The fourth-order valence-electron chi connectivity index (χ4n) is 21.7. The molecule has 432 valence electrons. The molecule has 0 amide bonds. The molecule has 3 heteroatoms. The van der Waals surface area contributed by atoms with Crippen molar-refractivity contribution in [2.75, 3.05) is 0 Å². The minimum absolute atomic E-state index is 0.0481. The van der Waals surface area contributed by atoms with Crippen molar-refractivity contribution < 1.29 is 0 Å². The number of hydrogen-bond donors (Lipinski definition) is 0. The third kappa shape index (κ3) is 7.23. The maximum atomic E-state index is 2.71. The average molecular weight is 1150 g/mol. The van der Waals surface area contributed by atoms with Gasteiger partial charge in [0.25, 0.3) is 0 Å². The number of rotatable bonds is 7. The van der Waals surface area contributed by atoms with Crippen LogP contribution < -0.4 is 32.8 Å². The molecule has 3 saturated carbocycles. The molecule has 18 rings (SSSR count). The molecule has 3 aliphatic carbocycles. The van der Waals surface area contributed by atoms with E-state index in [1.54, 1.807) is 16.7 Å². The van der Waals surface area contributed by atoms with Crippen LogP contribution in [0, 0.1) is 0 Å². The molecule has 89 heavy (non-hydrogen) atoms. The Hall–Kier alpha value is -7.87. The van der Waals surface area contributed by atoms with Crippen molar-refractivity contribution >= 4 is 96.0 Å². The van der Waals surface area contributed by atoms with Crippen LogP contribution in [-0.4, -0.2) is 20.1 Å². The molecule has 6 unspecified atom stereocenters. The molecule has 0 radical (unpaired) electrons. The highest BCUT2D eigenvalue weighted by molar-refractivity contribution is 6.90. The lowest BCUT2D eigenvalue weighted by atomic mass is 9.26. The normalized spacial score (nSPS) is 26.0. The summed E-state index contributed by atoms with van der Waals surface area (Å²) in [4.78, 5) is 0. The maximum Gasteiger partial charge on any atom is 0.216 e. The van der Waals surface area contributed by atoms with Crippen molar-refractivity contribution in [2.24, 2.45) is 0 Å². The first-order valence-electron chi connectivity index (χ1n) is 34.2. The van der Waals surface area contributed by atoms with Crippen LogP contribution in [0.15, 0.2) is 224 Å². The molecule has 0 spiro atoms. The lowest BCUT2D eigenvalue weighted by Gasteiger charge is -2.48. The van der Waals surface area contributed by atoms with E-state index < -0.39 is 0 Å². The summed E-state index contributed by atoms with van der Waals surface area (Å²) < 4.78 is 0. The lowest BCUT2D eigenvalue weighted by Crippen LogP contribution is -2.51. The number of benzene rings is 12. The van der Waals surface area contributed by atoms with Crippen LogP contribution in [0.2, 0.25) is 15.9 Å². The summed E-state index contributed by atoms with van der Waals surface area (Å²) in [6, 6.07) is 89.6. The summed E-state index contributed by atoms with van der Waals surface area (Å²) in [5.41, 5.74) is 24.5. The molecule has 0 saturated heterocycles. The second-order valence-electron chi connectivity index (χ2n) is 30.3. The largest absolute Gasteiger partial charge is 0.216 e. The summed E-state index contributed by atoms with van der Waals surface area (Å²) in [7, 11) is 0. The molecule has 0 bridgehead atoms. The van der Waals surface area contributed by atoms with Crippen molar-refractivity contribution in [2.45, 2.75) is 151 Å². The molecule has 6 atom stereocenters. The van der Waals surface area contributed by atoms with E-state index in [4.69, 9.17) is 0 Å². The van der Waals surface area contributed by atoms with Crippen LogP contribution >= 0.6 is 0 Å². The van der Waals surface area contributed by atoms with Gasteiger partial charge in [-0.1, -0.05) is 344 Å². The van der Waals surface area contributed by atoms with Gasteiger partial charge in [0.2, 0.25) is 20.1 Å². The third-order valence-corrected chi connectivity index (χ3v) is 26.7. The highest BCUT2D eigenvalue weighted by atomic mass is 14.6. The number of fused-ring (bicyclic) bond motifs is 10. The molecule has 12 aromatic carbocycles. The zero-order valence-electron chi connectivity index (χ0n) is 53.1. The van der Waals surface area contributed by atoms with Gasteiger partial charge in [-0.15, -0.1) is 0 Å². The van der Waals surface area contributed by atoms with Gasteiger partial charge in [0, 0.05) is 0 Å². The molecule has 0 aromatic heterocycles. The summed E-state index contributed by atoms with van der Waals surface area (Å²) in [5.74, 6) is 0. The van der Waals surface area contributed by atoms with Gasteiger partial charge < -0.3 is 0 Å². The lowest BCUT2D eigenvalue weighted by molar-refractivity contribution is 0.243. The third-order valence-electron chi connectivity index (χ3n) is 26.7. The molecular formula is C86H79B3. The average Bonchev–Trinajstić information content (AvgIpc) is 1.75. The fraction of sp³-hybridized carbons (Fsp3) is 0.279. The first-order valence-corrected chi connectivity index (χ1v) is 34.2. The first kappa shape index (κ1) is 54.1. The monoisotopic (exact) mass is 1140 g/mol. The molecule has 3 heterocycles. The Kier molecular flexibility index (Phi) is 11.7. The summed E-state index contributed by atoms with van der Waals surface area (Å²) >= 11 is 0. The summed E-state index contributed by atoms with van der Waals surface area (Å²) in [6.07, 6.45) is 15.1. The molecule has 12 aromatic rings. The van der Waals surface area contributed by atoms with E-state index in [9.17, 15) is 0 Å². The zero-order valence-corrected chi connectivity index (χ0v) is 53.1. The van der Waals surface area contributed by atoms with Crippen LogP contribution in [0.1, 0.15) is 135 Å². The molecule has 0 N–H and O–H groups in total. The van der Waals surface area contributed by atoms with Crippen molar-refractivity contribution in [1.82, 2.24) is 0 Å². The molecule has 3 fully saturated rings. The molecule has 3 aliphatic heterocycles. The summed E-state index contributed by atoms with van der Waals surface area (Å²) in [5, 5.41) is 11.1. The van der Waals surface area contributed by atoms with Crippen molar-refractivity contribution in [3.8, 4) is 44.5 Å². The zero-order chi connectivity index (χ0) is 59.8. The van der Waals surface area contributed by atoms with Crippen LogP contribution in [0.3, 0.4) is 0 Å². The van der Waals surface area contributed by atoms with E-state index >= 15 is 0 Å². The second-order valence-corrected chi connectivity index (χ2v) is 30.3. The van der Waals surface area contributed by atoms with Crippen LogP contribution in [0.5, 0.6) is 0 Å². The van der Waals surface area contributed by atoms with Gasteiger partial charge >= 0.3 is 0 Å². The first-order chi connectivity index (χ1) is 43.4. The quantitative estimate of drug-likeness (QED) is 0.110. The summed E-state index contributed by atoms with van der Waals surface area (Å²) in [6.45, 7) is 16.9. The Morgan fingerprint density at radius 3 is 0.978 bits per heavy atom. The molecule has 6 aliphatic rings.